The molecule has 10 nitrogen and oxygen atoms in total. The Hall–Kier alpha value is -2.69. The van der Waals surface area contributed by atoms with Crippen LogP contribution in [0, 0.1) is 6.92 Å². The number of halogens is 1. The summed E-state index contributed by atoms with van der Waals surface area (Å²) in [6.45, 7) is 6.18. The molecule has 184 valence electrons. The van der Waals surface area contributed by atoms with Crippen molar-refractivity contribution in [1.82, 2.24) is 29.5 Å². The molecule has 34 heavy (non-hydrogen) atoms. The van der Waals surface area contributed by atoms with Crippen molar-refractivity contribution in [2.75, 3.05) is 59.5 Å². The number of aryl methyl sites for hydroxylation is 1. The van der Waals surface area contributed by atoms with Crippen molar-refractivity contribution in [3.63, 3.8) is 0 Å². The van der Waals surface area contributed by atoms with Crippen LogP contribution in [0.5, 0.6) is 5.75 Å². The molecule has 2 aromatic rings. The Bertz CT molecular complexity index is 995. The third kappa shape index (κ3) is 6.05. The number of hydrogen-bond acceptors (Lipinski definition) is 7. The van der Waals surface area contributed by atoms with Gasteiger partial charge in [-0.15, -0.1) is 0 Å². The molecule has 2 aliphatic heterocycles. The lowest BCUT2D eigenvalue weighted by Gasteiger charge is -2.43. The molecular weight excluding hydrogens is 460 g/mol. The van der Waals surface area contributed by atoms with E-state index in [1.54, 1.807) is 17.0 Å². The van der Waals surface area contributed by atoms with E-state index in [9.17, 15) is 9.59 Å². The Morgan fingerprint density at radius 1 is 1.15 bits per heavy atom. The fourth-order valence-electron chi connectivity index (χ4n) is 4.22. The molecule has 0 radical (unpaired) electrons. The summed E-state index contributed by atoms with van der Waals surface area (Å²) < 4.78 is 13.8. The van der Waals surface area contributed by atoms with Crippen molar-refractivity contribution >= 4 is 23.4 Å². The highest BCUT2D eigenvalue weighted by molar-refractivity contribution is 6.31. The van der Waals surface area contributed by atoms with Crippen LogP contribution < -0.4 is 4.74 Å². The largest absolute Gasteiger partial charge is 0.490 e. The molecule has 4 rings (SSSR count). The van der Waals surface area contributed by atoms with Crippen LogP contribution in [0.1, 0.15) is 12.0 Å². The normalized spacial score (nSPS) is 21.5. The summed E-state index contributed by atoms with van der Waals surface area (Å²) in [4.78, 5) is 35.9. The molecule has 11 heteroatoms. The molecule has 0 spiro atoms. The molecule has 1 atom stereocenters. The van der Waals surface area contributed by atoms with Crippen LogP contribution in [0.15, 0.2) is 30.9 Å². The number of likely N-dealkylation sites (N-methyl/N-ethyl adjacent to an activating group) is 1. The van der Waals surface area contributed by atoms with Crippen LogP contribution in [0.25, 0.3) is 0 Å². The minimum atomic E-state index is -0.954. The van der Waals surface area contributed by atoms with Crippen molar-refractivity contribution in [3.8, 4) is 5.75 Å². The molecular formula is C23H31ClN6O4. The number of rotatable bonds is 7. The average Bonchev–Trinajstić information content (AvgIpc) is 3.33. The van der Waals surface area contributed by atoms with Gasteiger partial charge in [0.1, 0.15) is 37.2 Å². The van der Waals surface area contributed by atoms with Crippen LogP contribution >= 0.6 is 11.6 Å². The van der Waals surface area contributed by atoms with Gasteiger partial charge < -0.3 is 24.2 Å². The lowest BCUT2D eigenvalue weighted by atomic mass is 9.96. The standard InChI is InChI=1S/C23H31ClN6O4/c1-18-11-19(3-4-20(18)24)33-15-23(12-21(31)28-7-5-27(2)6-8-28)14-29(9-10-34-23)22(32)13-30-17-25-16-26-30/h3-4,11,16-17H,5-10,12-15H2,1-2H3/t23-/m0/s1. The fourth-order valence-corrected chi connectivity index (χ4v) is 4.34. The smallest absolute Gasteiger partial charge is 0.244 e. The number of amides is 2. The minimum absolute atomic E-state index is 0.00885. The summed E-state index contributed by atoms with van der Waals surface area (Å²) in [6, 6.07) is 5.43. The minimum Gasteiger partial charge on any atom is -0.490 e. The molecule has 1 aromatic heterocycles. The first-order valence-corrected chi connectivity index (χ1v) is 11.8. The number of hydrogen-bond donors (Lipinski definition) is 0. The summed E-state index contributed by atoms with van der Waals surface area (Å²) in [6.07, 6.45) is 3.04. The Morgan fingerprint density at radius 2 is 1.94 bits per heavy atom. The number of benzene rings is 1. The third-order valence-electron chi connectivity index (χ3n) is 6.33. The van der Waals surface area contributed by atoms with Crippen molar-refractivity contribution in [1.29, 1.82) is 0 Å². The third-order valence-corrected chi connectivity index (χ3v) is 6.75. The monoisotopic (exact) mass is 490 g/mol. The van der Waals surface area contributed by atoms with E-state index in [0.717, 1.165) is 18.7 Å². The van der Waals surface area contributed by atoms with E-state index in [-0.39, 0.29) is 37.9 Å². The van der Waals surface area contributed by atoms with Crippen molar-refractivity contribution in [2.24, 2.45) is 0 Å². The lowest BCUT2D eigenvalue weighted by Crippen LogP contribution is -2.59. The fraction of sp³-hybridized carbons (Fsp3) is 0.565. The van der Waals surface area contributed by atoms with Gasteiger partial charge in [0.05, 0.1) is 19.6 Å². The second-order valence-corrected chi connectivity index (χ2v) is 9.41. The Kier molecular flexibility index (Phi) is 7.70. The Labute approximate surface area is 204 Å². The van der Waals surface area contributed by atoms with Crippen LogP contribution in [-0.4, -0.2) is 106 Å². The zero-order valence-electron chi connectivity index (χ0n) is 19.7. The summed E-state index contributed by atoms with van der Waals surface area (Å²) in [5.41, 5.74) is -0.0551. The molecule has 0 aliphatic carbocycles. The van der Waals surface area contributed by atoms with Gasteiger partial charge in [0.2, 0.25) is 11.8 Å². The van der Waals surface area contributed by atoms with E-state index in [1.165, 1.54) is 17.3 Å². The number of nitrogens with zero attached hydrogens (tertiary/aromatic N) is 6. The number of morpholine rings is 1. The number of carbonyl (C=O) groups excluding carboxylic acids is 2. The molecule has 2 amide bonds. The van der Waals surface area contributed by atoms with Crippen molar-refractivity contribution in [2.45, 2.75) is 25.5 Å². The van der Waals surface area contributed by atoms with Crippen LogP contribution in [0.4, 0.5) is 0 Å². The van der Waals surface area contributed by atoms with Crippen molar-refractivity contribution < 1.29 is 19.1 Å². The molecule has 0 saturated carbocycles. The second kappa shape index (κ2) is 10.7. The van der Waals surface area contributed by atoms with Gasteiger partial charge >= 0.3 is 0 Å². The molecule has 2 saturated heterocycles. The quantitative estimate of drug-likeness (QED) is 0.573. The van der Waals surface area contributed by atoms with Gasteiger partial charge in [-0.1, -0.05) is 11.6 Å². The lowest BCUT2D eigenvalue weighted by molar-refractivity contribution is -0.166. The first-order chi connectivity index (χ1) is 16.3. The first kappa shape index (κ1) is 24.4. The molecule has 2 aliphatic rings. The van der Waals surface area contributed by atoms with Gasteiger partial charge in [-0.05, 0) is 37.7 Å². The maximum absolute atomic E-state index is 13.2. The first-order valence-electron chi connectivity index (χ1n) is 11.4. The highest BCUT2D eigenvalue weighted by Gasteiger charge is 2.42. The SMILES string of the molecule is Cc1cc(OC[C@]2(CC(=O)N3CCN(C)CC3)CN(C(=O)Cn3cncn3)CCO2)ccc1Cl. The zero-order chi connectivity index (χ0) is 24.1. The summed E-state index contributed by atoms with van der Waals surface area (Å²) >= 11 is 6.14. The Morgan fingerprint density at radius 3 is 2.65 bits per heavy atom. The van der Waals surface area contributed by atoms with Crippen LogP contribution in [0.3, 0.4) is 0 Å². The van der Waals surface area contributed by atoms with E-state index in [1.807, 2.05) is 24.9 Å². The summed E-state index contributed by atoms with van der Waals surface area (Å²) in [5.74, 6) is 0.546. The van der Waals surface area contributed by atoms with Gasteiger partial charge in [-0.3, -0.25) is 9.59 Å². The van der Waals surface area contributed by atoms with E-state index >= 15 is 0 Å². The van der Waals surface area contributed by atoms with Gasteiger partial charge in [-0.2, -0.15) is 5.10 Å². The zero-order valence-corrected chi connectivity index (χ0v) is 20.4. The van der Waals surface area contributed by atoms with Gasteiger partial charge in [-0.25, -0.2) is 9.67 Å². The predicted molar refractivity (Wildman–Crippen MR) is 126 cm³/mol. The van der Waals surface area contributed by atoms with E-state index in [2.05, 4.69) is 15.0 Å². The number of piperazine rings is 1. The van der Waals surface area contributed by atoms with Crippen LogP contribution in [-0.2, 0) is 20.9 Å². The molecule has 0 N–H and O–H groups in total. The number of aromatic nitrogens is 3. The molecule has 1 aromatic carbocycles. The number of carbonyl (C=O) groups is 2. The maximum Gasteiger partial charge on any atom is 0.244 e. The molecule has 0 bridgehead atoms. The van der Waals surface area contributed by atoms with Crippen LogP contribution in [0.2, 0.25) is 5.02 Å². The molecule has 0 unspecified atom stereocenters. The summed E-state index contributed by atoms with van der Waals surface area (Å²) in [7, 11) is 2.05. The Balaban J connectivity index is 1.49. The maximum atomic E-state index is 13.2. The van der Waals surface area contributed by atoms with Gasteiger partial charge in [0.25, 0.3) is 0 Å². The predicted octanol–water partition coefficient (Wildman–Crippen LogP) is 1.08. The van der Waals surface area contributed by atoms with E-state index in [4.69, 9.17) is 21.1 Å². The second-order valence-electron chi connectivity index (χ2n) is 9.00. The van der Waals surface area contributed by atoms with E-state index < -0.39 is 5.60 Å². The van der Waals surface area contributed by atoms with Gasteiger partial charge in [0, 0.05) is 37.7 Å². The summed E-state index contributed by atoms with van der Waals surface area (Å²) in [5, 5.41) is 4.68. The highest BCUT2D eigenvalue weighted by Crippen LogP contribution is 2.27. The average molecular weight is 491 g/mol. The molecule has 3 heterocycles. The van der Waals surface area contributed by atoms with E-state index in [0.29, 0.717) is 37.0 Å². The number of ether oxygens (including phenoxy) is 2. The highest BCUT2D eigenvalue weighted by atomic mass is 35.5. The van der Waals surface area contributed by atoms with Crippen molar-refractivity contribution in [3.05, 3.63) is 41.4 Å². The molecule has 2 fully saturated rings. The topological polar surface area (TPSA) is 93.0 Å². The van der Waals surface area contributed by atoms with Gasteiger partial charge in [0.15, 0.2) is 0 Å².